The van der Waals surface area contributed by atoms with Crippen molar-refractivity contribution in [3.8, 4) is 0 Å². The molecule has 0 saturated heterocycles. The van der Waals surface area contributed by atoms with Crippen LogP contribution < -0.4 is 0 Å². The van der Waals surface area contributed by atoms with Crippen molar-refractivity contribution in [2.75, 3.05) is 0 Å². The molecule has 0 spiro atoms. The normalized spacial score (nSPS) is 14.8. The molecule has 0 atom stereocenters. The minimum absolute atomic E-state index is 0.757. The van der Waals surface area contributed by atoms with E-state index in [9.17, 15) is 0 Å². The first-order valence-corrected chi connectivity index (χ1v) is 5.73. The van der Waals surface area contributed by atoms with Gasteiger partial charge in [0.05, 0.1) is 5.69 Å². The van der Waals surface area contributed by atoms with Crippen LogP contribution in [0.1, 0.15) is 30.3 Å². The highest BCUT2D eigenvalue weighted by Crippen LogP contribution is 2.28. The molecule has 0 unspecified atom stereocenters. The van der Waals surface area contributed by atoms with Crippen molar-refractivity contribution in [3.05, 3.63) is 28.2 Å². The summed E-state index contributed by atoms with van der Waals surface area (Å²) in [5.41, 5.74) is 4.29. The molecule has 2 heterocycles. The third-order valence-electron chi connectivity index (χ3n) is 2.98. The molecule has 0 aliphatic heterocycles. The lowest BCUT2D eigenvalue weighted by Crippen LogP contribution is -1.99. The van der Waals surface area contributed by atoms with Crippen molar-refractivity contribution < 1.29 is 0 Å². The zero-order valence-corrected chi connectivity index (χ0v) is 9.38. The van der Waals surface area contributed by atoms with E-state index in [1.807, 2.05) is 6.07 Å². The fourth-order valence-electron chi connectivity index (χ4n) is 2.16. The van der Waals surface area contributed by atoms with Gasteiger partial charge in [0, 0.05) is 17.3 Å². The Morgan fingerprint density at radius 2 is 2.33 bits per heavy atom. The predicted octanol–water partition coefficient (Wildman–Crippen LogP) is 2.43. The molecule has 2 aromatic rings. The lowest BCUT2D eigenvalue weighted by atomic mass is 10.3. The molecule has 0 aromatic carbocycles. The zero-order chi connectivity index (χ0) is 10.4. The lowest BCUT2D eigenvalue weighted by molar-refractivity contribution is 0.873. The fraction of sp³-hybridized carbons (Fsp3) is 0.455. The van der Waals surface area contributed by atoms with Crippen molar-refractivity contribution >= 4 is 17.2 Å². The van der Waals surface area contributed by atoms with Crippen LogP contribution >= 0.6 is 11.6 Å². The predicted molar refractivity (Wildman–Crippen MR) is 59.4 cm³/mol. The Hall–Kier alpha value is -1.09. The second-order valence-electron chi connectivity index (χ2n) is 3.94. The summed E-state index contributed by atoms with van der Waals surface area (Å²) in [5.74, 6) is 0. The van der Waals surface area contributed by atoms with Gasteiger partial charge in [0.1, 0.15) is 5.15 Å². The highest BCUT2D eigenvalue weighted by molar-refractivity contribution is 6.30. The van der Waals surface area contributed by atoms with Gasteiger partial charge in [-0.3, -0.25) is 0 Å². The van der Waals surface area contributed by atoms with Gasteiger partial charge >= 0.3 is 0 Å². The maximum Gasteiger partial charge on any atom is 0.157 e. The topological polar surface area (TPSA) is 30.2 Å². The first-order valence-electron chi connectivity index (χ1n) is 5.35. The Bertz CT molecular complexity index is 530. The molecule has 2 aromatic heterocycles. The number of aromatic nitrogens is 3. The summed E-state index contributed by atoms with van der Waals surface area (Å²) in [7, 11) is 0. The minimum Gasteiger partial charge on any atom is -0.233 e. The van der Waals surface area contributed by atoms with Gasteiger partial charge in [0.2, 0.25) is 0 Å². The van der Waals surface area contributed by atoms with Crippen LogP contribution in [0, 0.1) is 0 Å². The van der Waals surface area contributed by atoms with Gasteiger partial charge in [-0.15, -0.1) is 0 Å². The number of fused-ring (bicyclic) bond motifs is 2. The molecule has 0 radical (unpaired) electrons. The molecule has 0 amide bonds. The van der Waals surface area contributed by atoms with E-state index in [1.54, 1.807) is 4.52 Å². The first-order chi connectivity index (χ1) is 7.29. The summed E-state index contributed by atoms with van der Waals surface area (Å²) in [6.07, 6.45) is 4.18. The van der Waals surface area contributed by atoms with E-state index >= 15 is 0 Å². The standard InChI is InChI=1S/C11H12ClN3/c1-2-7-6-10-13-9-5-3-4-8(9)11(12)15(10)14-7/h6H,2-5H2,1H3. The molecule has 15 heavy (non-hydrogen) atoms. The third kappa shape index (κ3) is 1.26. The molecular formula is C11H12ClN3. The van der Waals surface area contributed by atoms with E-state index in [4.69, 9.17) is 11.6 Å². The average Bonchev–Trinajstić information content (AvgIpc) is 2.83. The van der Waals surface area contributed by atoms with Crippen molar-refractivity contribution in [1.29, 1.82) is 0 Å². The maximum atomic E-state index is 6.32. The molecular weight excluding hydrogens is 210 g/mol. The second-order valence-corrected chi connectivity index (χ2v) is 4.30. The number of nitrogens with zero attached hydrogens (tertiary/aromatic N) is 3. The van der Waals surface area contributed by atoms with E-state index in [1.165, 1.54) is 5.56 Å². The van der Waals surface area contributed by atoms with Crippen LogP contribution in [0.4, 0.5) is 0 Å². The van der Waals surface area contributed by atoms with Gasteiger partial charge in [0.25, 0.3) is 0 Å². The monoisotopic (exact) mass is 221 g/mol. The largest absolute Gasteiger partial charge is 0.233 e. The van der Waals surface area contributed by atoms with E-state index in [0.717, 1.165) is 47.9 Å². The summed E-state index contributed by atoms with van der Waals surface area (Å²) in [6.45, 7) is 2.09. The highest BCUT2D eigenvalue weighted by atomic mass is 35.5. The van der Waals surface area contributed by atoms with E-state index in [2.05, 4.69) is 17.0 Å². The van der Waals surface area contributed by atoms with Gasteiger partial charge in [0.15, 0.2) is 5.65 Å². The molecule has 0 saturated carbocycles. The molecule has 1 aliphatic rings. The highest BCUT2D eigenvalue weighted by Gasteiger charge is 2.19. The van der Waals surface area contributed by atoms with Crippen LogP contribution in [0.15, 0.2) is 6.07 Å². The maximum absolute atomic E-state index is 6.32. The lowest BCUT2D eigenvalue weighted by Gasteiger charge is -2.03. The van der Waals surface area contributed by atoms with Crippen LogP contribution in [0.2, 0.25) is 5.15 Å². The van der Waals surface area contributed by atoms with Crippen LogP contribution in [0.3, 0.4) is 0 Å². The summed E-state index contributed by atoms with van der Waals surface area (Å²) < 4.78 is 1.77. The second kappa shape index (κ2) is 3.20. The Morgan fingerprint density at radius 1 is 1.47 bits per heavy atom. The van der Waals surface area contributed by atoms with E-state index in [0.29, 0.717) is 0 Å². The fourth-order valence-corrected chi connectivity index (χ4v) is 2.48. The molecule has 0 N–H and O–H groups in total. The third-order valence-corrected chi connectivity index (χ3v) is 3.36. The SMILES string of the molecule is CCc1cc2nc3c(c(Cl)n2n1)CCC3. The Labute approximate surface area is 93.1 Å². The van der Waals surface area contributed by atoms with Crippen molar-refractivity contribution in [3.63, 3.8) is 0 Å². The van der Waals surface area contributed by atoms with Gasteiger partial charge in [-0.25, -0.2) is 9.50 Å². The summed E-state index contributed by atoms with van der Waals surface area (Å²) in [5, 5.41) is 5.19. The van der Waals surface area contributed by atoms with Crippen molar-refractivity contribution in [1.82, 2.24) is 14.6 Å². The van der Waals surface area contributed by atoms with Crippen molar-refractivity contribution in [2.24, 2.45) is 0 Å². The number of hydrogen-bond donors (Lipinski definition) is 0. The Morgan fingerprint density at radius 3 is 3.13 bits per heavy atom. The van der Waals surface area contributed by atoms with Gasteiger partial charge < -0.3 is 0 Å². The molecule has 1 aliphatic carbocycles. The number of aryl methyl sites for hydroxylation is 2. The van der Waals surface area contributed by atoms with Gasteiger partial charge in [-0.05, 0) is 25.7 Å². The average molecular weight is 222 g/mol. The first kappa shape index (κ1) is 9.16. The van der Waals surface area contributed by atoms with Gasteiger partial charge in [-0.2, -0.15) is 5.10 Å². The number of rotatable bonds is 1. The summed E-state index contributed by atoms with van der Waals surface area (Å²) >= 11 is 6.32. The zero-order valence-electron chi connectivity index (χ0n) is 8.63. The Balaban J connectivity index is 2.33. The molecule has 78 valence electrons. The van der Waals surface area contributed by atoms with E-state index < -0.39 is 0 Å². The van der Waals surface area contributed by atoms with Crippen LogP contribution in [0.25, 0.3) is 5.65 Å². The molecule has 4 heteroatoms. The minimum atomic E-state index is 0.757. The van der Waals surface area contributed by atoms with Crippen LogP contribution in [-0.2, 0) is 19.3 Å². The summed E-state index contributed by atoms with van der Waals surface area (Å²) in [4.78, 5) is 4.60. The molecule has 3 nitrogen and oxygen atoms in total. The van der Waals surface area contributed by atoms with E-state index in [-0.39, 0.29) is 0 Å². The molecule has 0 fully saturated rings. The number of halogens is 1. The van der Waals surface area contributed by atoms with Gasteiger partial charge in [-0.1, -0.05) is 18.5 Å². The summed E-state index contributed by atoms with van der Waals surface area (Å²) in [6, 6.07) is 2.02. The Kier molecular flexibility index (Phi) is 1.96. The van der Waals surface area contributed by atoms with Crippen molar-refractivity contribution in [2.45, 2.75) is 32.6 Å². The smallest absolute Gasteiger partial charge is 0.157 e. The molecule has 0 bridgehead atoms. The number of hydrogen-bond acceptors (Lipinski definition) is 2. The molecule has 3 rings (SSSR count). The van der Waals surface area contributed by atoms with Crippen LogP contribution in [0.5, 0.6) is 0 Å². The quantitative estimate of drug-likeness (QED) is 0.693. The van der Waals surface area contributed by atoms with Crippen LogP contribution in [-0.4, -0.2) is 14.6 Å².